The third kappa shape index (κ3) is 4.23. The number of nitrogens with one attached hydrogen (secondary N) is 2. The topological polar surface area (TPSA) is 76.5 Å². The Morgan fingerprint density at radius 1 is 1.13 bits per heavy atom. The van der Waals surface area contributed by atoms with Crippen molar-refractivity contribution in [3.8, 4) is 0 Å². The summed E-state index contributed by atoms with van der Waals surface area (Å²) in [5, 5.41) is 11.5. The SMILES string of the molecule is CN1C(=N)N[C@@](CCC2CCCCC2)(C[C@H]2CCN(C(=O)c3ccccc3)C2)C1=O. The van der Waals surface area contributed by atoms with Gasteiger partial charge >= 0.3 is 0 Å². The fraction of sp³-hybridized carbons (Fsp3) is 0.625. The molecular formula is C24H34N4O2. The van der Waals surface area contributed by atoms with E-state index in [1.54, 1.807) is 7.05 Å². The molecule has 0 spiro atoms. The van der Waals surface area contributed by atoms with Crippen molar-refractivity contribution in [3.63, 3.8) is 0 Å². The van der Waals surface area contributed by atoms with Crippen LogP contribution in [0.2, 0.25) is 0 Å². The highest BCUT2D eigenvalue weighted by molar-refractivity contribution is 6.07. The van der Waals surface area contributed by atoms with Crippen molar-refractivity contribution in [3.05, 3.63) is 35.9 Å². The minimum absolute atomic E-state index is 0.0242. The van der Waals surface area contributed by atoms with Crippen molar-refractivity contribution in [1.29, 1.82) is 5.41 Å². The Kier molecular flexibility index (Phi) is 6.11. The van der Waals surface area contributed by atoms with Crippen LogP contribution in [-0.2, 0) is 4.79 Å². The van der Waals surface area contributed by atoms with Crippen LogP contribution in [0.15, 0.2) is 30.3 Å². The van der Waals surface area contributed by atoms with Crippen LogP contribution in [0.3, 0.4) is 0 Å². The van der Waals surface area contributed by atoms with E-state index in [0.29, 0.717) is 18.9 Å². The van der Waals surface area contributed by atoms with Crippen molar-refractivity contribution < 1.29 is 9.59 Å². The number of amides is 2. The number of benzene rings is 1. The summed E-state index contributed by atoms with van der Waals surface area (Å²) in [7, 11) is 1.69. The zero-order valence-corrected chi connectivity index (χ0v) is 18.0. The molecule has 2 aliphatic heterocycles. The summed E-state index contributed by atoms with van der Waals surface area (Å²) < 4.78 is 0. The average Bonchev–Trinajstić information content (AvgIpc) is 3.32. The van der Waals surface area contributed by atoms with Crippen molar-refractivity contribution in [1.82, 2.24) is 15.1 Å². The van der Waals surface area contributed by atoms with Gasteiger partial charge in [0.15, 0.2) is 5.96 Å². The number of nitrogens with zero attached hydrogens (tertiary/aromatic N) is 2. The van der Waals surface area contributed by atoms with Gasteiger partial charge in [0.25, 0.3) is 11.8 Å². The van der Waals surface area contributed by atoms with Crippen LogP contribution in [0.1, 0.15) is 68.1 Å². The van der Waals surface area contributed by atoms with Gasteiger partial charge in [-0.1, -0.05) is 50.3 Å². The molecule has 3 fully saturated rings. The van der Waals surface area contributed by atoms with Crippen LogP contribution < -0.4 is 5.32 Å². The number of rotatable bonds is 6. The van der Waals surface area contributed by atoms with Crippen LogP contribution >= 0.6 is 0 Å². The first kappa shape index (κ1) is 20.9. The van der Waals surface area contributed by atoms with Crippen molar-refractivity contribution in [2.75, 3.05) is 20.1 Å². The third-order valence-electron chi connectivity index (χ3n) is 7.34. The molecule has 2 heterocycles. The van der Waals surface area contributed by atoms with Gasteiger partial charge in [0.2, 0.25) is 0 Å². The number of guanidine groups is 1. The summed E-state index contributed by atoms with van der Waals surface area (Å²) in [5.41, 5.74) is 0.0430. The fourth-order valence-corrected chi connectivity index (χ4v) is 5.56. The minimum atomic E-state index is -0.681. The van der Waals surface area contributed by atoms with E-state index in [-0.39, 0.29) is 23.7 Å². The van der Waals surface area contributed by atoms with E-state index in [9.17, 15) is 9.59 Å². The minimum Gasteiger partial charge on any atom is -0.342 e. The van der Waals surface area contributed by atoms with Crippen molar-refractivity contribution in [2.24, 2.45) is 11.8 Å². The van der Waals surface area contributed by atoms with Gasteiger partial charge < -0.3 is 10.2 Å². The fourth-order valence-electron chi connectivity index (χ4n) is 5.56. The molecule has 0 aromatic heterocycles. The molecule has 4 rings (SSSR count). The van der Waals surface area contributed by atoms with E-state index >= 15 is 0 Å². The molecule has 30 heavy (non-hydrogen) atoms. The molecular weight excluding hydrogens is 376 g/mol. The first-order chi connectivity index (χ1) is 14.5. The molecule has 0 bridgehead atoms. The van der Waals surface area contributed by atoms with Gasteiger partial charge in [-0.15, -0.1) is 0 Å². The van der Waals surface area contributed by atoms with E-state index < -0.39 is 5.54 Å². The zero-order valence-electron chi connectivity index (χ0n) is 18.0. The molecule has 1 aromatic carbocycles. The third-order valence-corrected chi connectivity index (χ3v) is 7.34. The molecule has 0 radical (unpaired) electrons. The van der Waals surface area contributed by atoms with Crippen molar-refractivity contribution >= 4 is 17.8 Å². The van der Waals surface area contributed by atoms with Gasteiger partial charge in [0, 0.05) is 25.7 Å². The maximum Gasteiger partial charge on any atom is 0.254 e. The molecule has 2 atom stereocenters. The van der Waals surface area contributed by atoms with E-state index in [1.807, 2.05) is 35.2 Å². The first-order valence-corrected chi connectivity index (χ1v) is 11.5. The Labute approximate surface area is 179 Å². The second kappa shape index (κ2) is 8.78. The molecule has 6 heteroatoms. The van der Waals surface area contributed by atoms with Gasteiger partial charge in [-0.25, -0.2) is 0 Å². The largest absolute Gasteiger partial charge is 0.342 e. The zero-order chi connectivity index (χ0) is 21.1. The number of carbonyl (C=O) groups excluding carboxylic acids is 2. The predicted molar refractivity (Wildman–Crippen MR) is 117 cm³/mol. The highest BCUT2D eigenvalue weighted by Gasteiger charge is 2.49. The Hall–Kier alpha value is -2.37. The quantitative estimate of drug-likeness (QED) is 0.752. The van der Waals surface area contributed by atoms with Crippen LogP contribution in [0, 0.1) is 17.2 Å². The molecule has 6 nitrogen and oxygen atoms in total. The molecule has 162 valence electrons. The highest BCUT2D eigenvalue weighted by Crippen LogP contribution is 2.36. The molecule has 3 aliphatic rings. The van der Waals surface area contributed by atoms with E-state index in [2.05, 4.69) is 5.32 Å². The van der Waals surface area contributed by atoms with E-state index in [0.717, 1.165) is 31.4 Å². The average molecular weight is 411 g/mol. The summed E-state index contributed by atoms with van der Waals surface area (Å²) in [6.07, 6.45) is 9.90. The van der Waals surface area contributed by atoms with E-state index in [1.165, 1.54) is 37.0 Å². The van der Waals surface area contributed by atoms with Gasteiger partial charge in [-0.3, -0.25) is 19.9 Å². The Morgan fingerprint density at radius 3 is 2.53 bits per heavy atom. The lowest BCUT2D eigenvalue weighted by Crippen LogP contribution is -2.49. The van der Waals surface area contributed by atoms with Gasteiger partial charge in [0.05, 0.1) is 0 Å². The van der Waals surface area contributed by atoms with Crippen LogP contribution in [0.5, 0.6) is 0 Å². The molecule has 2 N–H and O–H groups in total. The van der Waals surface area contributed by atoms with Gasteiger partial charge in [0.1, 0.15) is 5.54 Å². The highest BCUT2D eigenvalue weighted by atomic mass is 16.2. The van der Waals surface area contributed by atoms with Crippen molar-refractivity contribution in [2.45, 2.75) is 63.3 Å². The number of hydrogen-bond donors (Lipinski definition) is 2. The second-order valence-corrected chi connectivity index (χ2v) is 9.44. The lowest BCUT2D eigenvalue weighted by Gasteiger charge is -2.32. The maximum atomic E-state index is 13.2. The number of hydrogen-bond acceptors (Lipinski definition) is 3. The normalized spacial score (nSPS) is 27.6. The van der Waals surface area contributed by atoms with Crippen LogP contribution in [0.25, 0.3) is 0 Å². The summed E-state index contributed by atoms with van der Waals surface area (Å²) in [6.45, 7) is 1.42. The maximum absolute atomic E-state index is 13.2. The molecule has 1 aliphatic carbocycles. The molecule has 1 saturated carbocycles. The summed E-state index contributed by atoms with van der Waals surface area (Å²) in [6, 6.07) is 9.43. The Morgan fingerprint density at radius 2 is 1.87 bits per heavy atom. The lowest BCUT2D eigenvalue weighted by atomic mass is 9.78. The molecule has 2 amide bonds. The number of carbonyl (C=O) groups is 2. The van der Waals surface area contributed by atoms with E-state index in [4.69, 9.17) is 5.41 Å². The number of likely N-dealkylation sites (N-methyl/N-ethyl adjacent to an activating group) is 1. The van der Waals surface area contributed by atoms with Gasteiger partial charge in [-0.2, -0.15) is 0 Å². The Bertz CT molecular complexity index is 790. The first-order valence-electron chi connectivity index (χ1n) is 11.5. The summed E-state index contributed by atoms with van der Waals surface area (Å²) in [5.74, 6) is 1.28. The molecule has 1 aromatic rings. The number of likely N-dealkylation sites (tertiary alicyclic amines) is 1. The van der Waals surface area contributed by atoms with Crippen LogP contribution in [0.4, 0.5) is 0 Å². The predicted octanol–water partition coefficient (Wildman–Crippen LogP) is 3.63. The smallest absolute Gasteiger partial charge is 0.254 e. The molecule has 2 saturated heterocycles. The van der Waals surface area contributed by atoms with Gasteiger partial charge in [-0.05, 0) is 49.7 Å². The standard InChI is InChI=1S/C24H34N4O2/c1-27-22(30)24(26-23(27)25,14-12-18-8-4-2-5-9-18)16-19-13-15-28(17-19)21(29)20-10-6-3-7-11-20/h3,6-7,10-11,18-19H,2,4-5,8-9,12-17H2,1H3,(H2,25,26)/t19-,24+/m1/s1. The van der Waals surface area contributed by atoms with Crippen LogP contribution in [-0.4, -0.2) is 53.2 Å². The summed E-state index contributed by atoms with van der Waals surface area (Å²) >= 11 is 0. The summed E-state index contributed by atoms with van der Waals surface area (Å²) in [4.78, 5) is 29.4. The molecule has 0 unspecified atom stereocenters. The lowest BCUT2D eigenvalue weighted by molar-refractivity contribution is -0.131. The monoisotopic (exact) mass is 410 g/mol. The Balaban J connectivity index is 1.42. The second-order valence-electron chi connectivity index (χ2n) is 9.44.